The van der Waals surface area contributed by atoms with Crippen molar-refractivity contribution < 1.29 is 9.47 Å². The van der Waals surface area contributed by atoms with Gasteiger partial charge >= 0.3 is 0 Å². The van der Waals surface area contributed by atoms with E-state index in [-0.39, 0.29) is 0 Å². The van der Waals surface area contributed by atoms with Crippen LogP contribution in [0, 0.1) is 0 Å². The van der Waals surface area contributed by atoms with Crippen LogP contribution >= 0.6 is 0 Å². The summed E-state index contributed by atoms with van der Waals surface area (Å²) in [5.74, 6) is 1.41. The highest BCUT2D eigenvalue weighted by Crippen LogP contribution is 2.28. The molecule has 82 valence electrons. The Labute approximate surface area is 94.7 Å². The molecule has 0 atom stereocenters. The third kappa shape index (κ3) is 1.98. The molecular weight excluding hydrogens is 202 g/mol. The predicted molar refractivity (Wildman–Crippen MR) is 62.8 cm³/mol. The van der Waals surface area contributed by atoms with Crippen molar-refractivity contribution in [1.82, 2.24) is 4.98 Å². The van der Waals surface area contributed by atoms with Crippen LogP contribution in [-0.2, 0) is 0 Å². The van der Waals surface area contributed by atoms with Crippen molar-refractivity contribution in [3.63, 3.8) is 0 Å². The van der Waals surface area contributed by atoms with Crippen LogP contribution in [0.5, 0.6) is 11.6 Å². The Morgan fingerprint density at radius 1 is 0.875 bits per heavy atom. The lowest BCUT2D eigenvalue weighted by molar-refractivity contribution is 0.398. The van der Waals surface area contributed by atoms with Gasteiger partial charge in [-0.1, -0.05) is 18.2 Å². The number of nitrogens with zero attached hydrogens (tertiary/aromatic N) is 1. The minimum atomic E-state index is 0.600. The maximum Gasteiger partial charge on any atom is 0.213 e. The average molecular weight is 215 g/mol. The van der Waals surface area contributed by atoms with Crippen LogP contribution in [0.2, 0.25) is 0 Å². The van der Waals surface area contributed by atoms with Crippen molar-refractivity contribution in [1.29, 1.82) is 0 Å². The van der Waals surface area contributed by atoms with E-state index in [9.17, 15) is 0 Å². The Balaban J connectivity index is 2.49. The summed E-state index contributed by atoms with van der Waals surface area (Å²) in [6.45, 7) is 0. The minimum absolute atomic E-state index is 0.600. The molecular formula is C13H13NO2. The second-order valence-corrected chi connectivity index (χ2v) is 3.27. The fraction of sp³-hybridized carbons (Fsp3) is 0.154. The van der Waals surface area contributed by atoms with E-state index in [1.165, 1.54) is 0 Å². The smallest absolute Gasteiger partial charge is 0.213 e. The summed E-state index contributed by atoms with van der Waals surface area (Å²) in [6, 6.07) is 13.4. The van der Waals surface area contributed by atoms with Crippen LogP contribution in [0.25, 0.3) is 11.3 Å². The first-order chi connectivity index (χ1) is 7.85. The van der Waals surface area contributed by atoms with Gasteiger partial charge in [0.05, 0.1) is 19.9 Å². The summed E-state index contributed by atoms with van der Waals surface area (Å²) in [5.41, 5.74) is 1.81. The molecule has 16 heavy (non-hydrogen) atoms. The molecule has 0 spiro atoms. The third-order valence-corrected chi connectivity index (χ3v) is 2.32. The van der Waals surface area contributed by atoms with Gasteiger partial charge in [0.15, 0.2) is 0 Å². The molecule has 0 bridgehead atoms. The zero-order valence-corrected chi connectivity index (χ0v) is 9.31. The quantitative estimate of drug-likeness (QED) is 0.788. The summed E-state index contributed by atoms with van der Waals surface area (Å²) in [6.07, 6.45) is 0. The molecule has 1 aromatic heterocycles. The maximum atomic E-state index is 5.29. The van der Waals surface area contributed by atoms with E-state index in [0.29, 0.717) is 5.88 Å². The van der Waals surface area contributed by atoms with Gasteiger partial charge < -0.3 is 9.47 Å². The first-order valence-electron chi connectivity index (χ1n) is 4.99. The molecule has 0 amide bonds. The van der Waals surface area contributed by atoms with E-state index in [1.807, 2.05) is 42.5 Å². The van der Waals surface area contributed by atoms with Gasteiger partial charge in [-0.2, -0.15) is 0 Å². The van der Waals surface area contributed by atoms with E-state index in [0.717, 1.165) is 17.0 Å². The first kappa shape index (κ1) is 10.5. The number of para-hydroxylation sites is 1. The SMILES string of the molecule is COc1cccc(-c2ccccc2OC)n1. The molecule has 0 unspecified atom stereocenters. The van der Waals surface area contributed by atoms with E-state index in [1.54, 1.807) is 14.2 Å². The summed E-state index contributed by atoms with van der Waals surface area (Å²) < 4.78 is 10.4. The van der Waals surface area contributed by atoms with Crippen LogP contribution in [0.3, 0.4) is 0 Å². The zero-order valence-electron chi connectivity index (χ0n) is 9.31. The summed E-state index contributed by atoms with van der Waals surface area (Å²) in [7, 11) is 3.26. The number of hydrogen-bond acceptors (Lipinski definition) is 3. The van der Waals surface area contributed by atoms with Crippen molar-refractivity contribution in [2.24, 2.45) is 0 Å². The summed E-state index contributed by atoms with van der Waals surface area (Å²) in [5, 5.41) is 0. The molecule has 0 aliphatic carbocycles. The van der Waals surface area contributed by atoms with Gasteiger partial charge in [0, 0.05) is 11.6 Å². The van der Waals surface area contributed by atoms with Crippen molar-refractivity contribution in [3.05, 3.63) is 42.5 Å². The monoisotopic (exact) mass is 215 g/mol. The van der Waals surface area contributed by atoms with Gasteiger partial charge in [0.2, 0.25) is 5.88 Å². The van der Waals surface area contributed by atoms with Crippen LogP contribution in [-0.4, -0.2) is 19.2 Å². The van der Waals surface area contributed by atoms with Crippen LogP contribution < -0.4 is 9.47 Å². The minimum Gasteiger partial charge on any atom is -0.496 e. The molecule has 0 saturated carbocycles. The molecule has 0 radical (unpaired) electrons. The number of pyridine rings is 1. The number of hydrogen-bond donors (Lipinski definition) is 0. The molecule has 0 N–H and O–H groups in total. The predicted octanol–water partition coefficient (Wildman–Crippen LogP) is 2.77. The van der Waals surface area contributed by atoms with Gasteiger partial charge in [-0.3, -0.25) is 0 Å². The molecule has 0 saturated heterocycles. The standard InChI is InChI=1S/C13H13NO2/c1-15-12-8-4-3-6-10(12)11-7-5-9-13(14-11)16-2/h3-9H,1-2H3. The van der Waals surface area contributed by atoms with Gasteiger partial charge in [-0.15, -0.1) is 0 Å². The number of methoxy groups -OCH3 is 2. The highest BCUT2D eigenvalue weighted by molar-refractivity contribution is 5.67. The highest BCUT2D eigenvalue weighted by atomic mass is 16.5. The number of ether oxygens (including phenoxy) is 2. The third-order valence-electron chi connectivity index (χ3n) is 2.32. The fourth-order valence-corrected chi connectivity index (χ4v) is 1.53. The largest absolute Gasteiger partial charge is 0.496 e. The lowest BCUT2D eigenvalue weighted by Crippen LogP contribution is -1.92. The Hall–Kier alpha value is -2.03. The molecule has 0 aliphatic heterocycles. The molecule has 1 aromatic carbocycles. The average Bonchev–Trinajstić information content (AvgIpc) is 2.38. The van der Waals surface area contributed by atoms with Crippen molar-refractivity contribution in [2.45, 2.75) is 0 Å². The highest BCUT2D eigenvalue weighted by Gasteiger charge is 2.06. The molecule has 1 heterocycles. The normalized spacial score (nSPS) is 9.88. The Kier molecular flexibility index (Phi) is 3.05. The van der Waals surface area contributed by atoms with Crippen molar-refractivity contribution in [2.75, 3.05) is 14.2 Å². The fourth-order valence-electron chi connectivity index (χ4n) is 1.53. The van der Waals surface area contributed by atoms with E-state index in [4.69, 9.17) is 9.47 Å². The molecule has 0 aliphatic rings. The second kappa shape index (κ2) is 4.66. The van der Waals surface area contributed by atoms with Gasteiger partial charge in [0.25, 0.3) is 0 Å². The molecule has 3 nitrogen and oxygen atoms in total. The van der Waals surface area contributed by atoms with Crippen LogP contribution in [0.15, 0.2) is 42.5 Å². The molecule has 2 rings (SSSR count). The van der Waals surface area contributed by atoms with E-state index < -0.39 is 0 Å². The van der Waals surface area contributed by atoms with Crippen molar-refractivity contribution in [3.8, 4) is 22.9 Å². The summed E-state index contributed by atoms with van der Waals surface area (Å²) in [4.78, 5) is 4.37. The van der Waals surface area contributed by atoms with E-state index >= 15 is 0 Å². The Morgan fingerprint density at radius 3 is 2.44 bits per heavy atom. The molecule has 2 aromatic rings. The first-order valence-corrected chi connectivity index (χ1v) is 4.99. The second-order valence-electron chi connectivity index (χ2n) is 3.27. The Morgan fingerprint density at radius 2 is 1.69 bits per heavy atom. The van der Waals surface area contributed by atoms with Crippen LogP contribution in [0.1, 0.15) is 0 Å². The van der Waals surface area contributed by atoms with Gasteiger partial charge in [0.1, 0.15) is 5.75 Å². The van der Waals surface area contributed by atoms with Gasteiger partial charge in [-0.05, 0) is 18.2 Å². The van der Waals surface area contributed by atoms with Crippen LogP contribution in [0.4, 0.5) is 0 Å². The van der Waals surface area contributed by atoms with E-state index in [2.05, 4.69) is 4.98 Å². The zero-order chi connectivity index (χ0) is 11.4. The lowest BCUT2D eigenvalue weighted by Gasteiger charge is -2.08. The number of aromatic nitrogens is 1. The topological polar surface area (TPSA) is 31.4 Å². The van der Waals surface area contributed by atoms with Gasteiger partial charge in [-0.25, -0.2) is 4.98 Å². The van der Waals surface area contributed by atoms with Crippen molar-refractivity contribution >= 4 is 0 Å². The lowest BCUT2D eigenvalue weighted by atomic mass is 10.1. The summed E-state index contributed by atoms with van der Waals surface area (Å²) >= 11 is 0. The Bertz CT molecular complexity index is 483. The number of rotatable bonds is 3. The number of benzene rings is 1. The molecule has 3 heteroatoms. The molecule has 0 fully saturated rings. The maximum absolute atomic E-state index is 5.29.